The smallest absolute Gasteiger partial charge is 0.193 e. The number of rotatable bonds is 4. The summed E-state index contributed by atoms with van der Waals surface area (Å²) in [5.41, 5.74) is 0. The van der Waals surface area contributed by atoms with Crippen molar-refractivity contribution in [2.75, 3.05) is 33.9 Å². The Morgan fingerprint density at radius 1 is 1.60 bits per heavy atom. The van der Waals surface area contributed by atoms with Crippen molar-refractivity contribution in [3.63, 3.8) is 0 Å². The van der Waals surface area contributed by atoms with Crippen molar-refractivity contribution < 1.29 is 4.74 Å². The van der Waals surface area contributed by atoms with Crippen molar-refractivity contribution in [1.29, 1.82) is 0 Å². The zero-order valence-electron chi connectivity index (χ0n) is 11.8. The normalized spacial score (nSPS) is 18.8. The SMILES string of the molecule is CN=C(NCc1ccc(Cl)s1)N(C)CC1CCOC1.I. The minimum Gasteiger partial charge on any atom is -0.381 e. The number of nitrogens with one attached hydrogen (secondary N) is 1. The lowest BCUT2D eigenvalue weighted by molar-refractivity contribution is 0.181. The third-order valence-electron chi connectivity index (χ3n) is 3.18. The first-order chi connectivity index (χ1) is 9.19. The summed E-state index contributed by atoms with van der Waals surface area (Å²) in [6.07, 6.45) is 1.14. The molecular formula is C13H21ClIN3OS. The van der Waals surface area contributed by atoms with Gasteiger partial charge in [-0.1, -0.05) is 11.6 Å². The fraction of sp³-hybridized carbons (Fsp3) is 0.615. The maximum atomic E-state index is 5.92. The quantitative estimate of drug-likeness (QED) is 0.454. The summed E-state index contributed by atoms with van der Waals surface area (Å²) in [6, 6.07) is 3.96. The highest BCUT2D eigenvalue weighted by atomic mass is 127. The summed E-state index contributed by atoms with van der Waals surface area (Å²) in [5, 5.41) is 3.36. The molecule has 0 bridgehead atoms. The third-order valence-corrected chi connectivity index (χ3v) is 4.41. The minimum atomic E-state index is 0. The molecule has 0 saturated carbocycles. The lowest BCUT2D eigenvalue weighted by atomic mass is 10.1. The van der Waals surface area contributed by atoms with Crippen LogP contribution in [0.3, 0.4) is 0 Å². The number of halogens is 2. The first kappa shape index (κ1) is 18.0. The van der Waals surface area contributed by atoms with Crippen LogP contribution in [0.4, 0.5) is 0 Å². The molecule has 0 amide bonds. The number of nitrogens with zero attached hydrogens (tertiary/aromatic N) is 2. The highest BCUT2D eigenvalue weighted by Gasteiger charge is 2.18. The van der Waals surface area contributed by atoms with Crippen LogP contribution in [0.15, 0.2) is 17.1 Å². The summed E-state index contributed by atoms with van der Waals surface area (Å²) in [5.74, 6) is 1.52. The predicted molar refractivity (Wildman–Crippen MR) is 96.5 cm³/mol. The van der Waals surface area contributed by atoms with Gasteiger partial charge >= 0.3 is 0 Å². The Labute approximate surface area is 146 Å². The van der Waals surface area contributed by atoms with Crippen LogP contribution in [0, 0.1) is 5.92 Å². The number of hydrogen-bond acceptors (Lipinski definition) is 3. The Balaban J connectivity index is 0.00000200. The molecular weight excluding hydrogens is 409 g/mol. The Kier molecular flexibility index (Phi) is 8.16. The Hall–Kier alpha value is -0.0500. The summed E-state index contributed by atoms with van der Waals surface area (Å²) in [6.45, 7) is 3.49. The number of ether oxygens (including phenoxy) is 1. The molecule has 1 unspecified atom stereocenters. The van der Waals surface area contributed by atoms with E-state index in [1.807, 2.05) is 19.2 Å². The molecule has 1 atom stereocenters. The monoisotopic (exact) mass is 429 g/mol. The number of hydrogen-bond donors (Lipinski definition) is 1. The van der Waals surface area contributed by atoms with Crippen molar-refractivity contribution in [2.24, 2.45) is 10.9 Å². The molecule has 1 saturated heterocycles. The number of guanidine groups is 1. The molecule has 20 heavy (non-hydrogen) atoms. The van der Waals surface area contributed by atoms with E-state index in [9.17, 15) is 0 Å². The molecule has 2 heterocycles. The number of thiophene rings is 1. The Bertz CT molecular complexity index is 435. The van der Waals surface area contributed by atoms with E-state index in [-0.39, 0.29) is 24.0 Å². The average Bonchev–Trinajstić information content (AvgIpc) is 3.02. The molecule has 0 spiro atoms. The summed E-state index contributed by atoms with van der Waals surface area (Å²) in [4.78, 5) is 7.69. The second kappa shape index (κ2) is 9.07. The van der Waals surface area contributed by atoms with Crippen molar-refractivity contribution in [2.45, 2.75) is 13.0 Å². The molecule has 2 rings (SSSR count). The van der Waals surface area contributed by atoms with Gasteiger partial charge in [0.25, 0.3) is 0 Å². The van der Waals surface area contributed by atoms with Crippen molar-refractivity contribution >= 4 is 52.9 Å². The van der Waals surface area contributed by atoms with Crippen LogP contribution in [0.2, 0.25) is 4.34 Å². The van der Waals surface area contributed by atoms with Gasteiger partial charge in [0.1, 0.15) is 0 Å². The standard InChI is InChI=1S/C13H20ClN3OS.HI/c1-15-13(16-7-11-3-4-12(14)19-11)17(2)8-10-5-6-18-9-10;/h3-4,10H,5-9H2,1-2H3,(H,15,16);1H. The van der Waals surface area contributed by atoms with Crippen molar-refractivity contribution in [3.8, 4) is 0 Å². The largest absolute Gasteiger partial charge is 0.381 e. The maximum absolute atomic E-state index is 5.92. The van der Waals surface area contributed by atoms with Gasteiger partial charge in [-0.25, -0.2) is 0 Å². The van der Waals surface area contributed by atoms with Gasteiger partial charge in [0.15, 0.2) is 5.96 Å². The molecule has 1 aliphatic rings. The fourth-order valence-corrected chi connectivity index (χ4v) is 3.23. The van der Waals surface area contributed by atoms with Crippen LogP contribution >= 0.6 is 46.9 Å². The van der Waals surface area contributed by atoms with Gasteiger partial charge in [-0.15, -0.1) is 35.3 Å². The second-order valence-corrected chi connectivity index (χ2v) is 6.52. The average molecular weight is 430 g/mol. The number of aliphatic imine (C=N–C) groups is 1. The fourth-order valence-electron chi connectivity index (χ4n) is 2.20. The third kappa shape index (κ3) is 5.38. The first-order valence-electron chi connectivity index (χ1n) is 6.42. The van der Waals surface area contributed by atoms with Gasteiger partial charge in [-0.2, -0.15) is 0 Å². The van der Waals surface area contributed by atoms with E-state index in [1.165, 1.54) is 4.88 Å². The molecule has 7 heteroatoms. The van der Waals surface area contributed by atoms with Gasteiger partial charge in [0.05, 0.1) is 17.5 Å². The van der Waals surface area contributed by atoms with E-state index < -0.39 is 0 Å². The summed E-state index contributed by atoms with van der Waals surface area (Å²) >= 11 is 7.52. The molecule has 1 aromatic rings. The molecule has 0 aromatic carbocycles. The molecule has 1 aliphatic heterocycles. The molecule has 1 aromatic heterocycles. The van der Waals surface area contributed by atoms with Gasteiger partial charge in [0.2, 0.25) is 0 Å². The van der Waals surface area contributed by atoms with Gasteiger partial charge < -0.3 is 15.0 Å². The van der Waals surface area contributed by atoms with E-state index in [2.05, 4.69) is 22.3 Å². The van der Waals surface area contributed by atoms with Crippen LogP contribution in [0.1, 0.15) is 11.3 Å². The van der Waals surface area contributed by atoms with Crippen molar-refractivity contribution in [3.05, 3.63) is 21.3 Å². The Morgan fingerprint density at radius 2 is 2.40 bits per heavy atom. The van der Waals surface area contributed by atoms with E-state index in [4.69, 9.17) is 16.3 Å². The lowest BCUT2D eigenvalue weighted by Gasteiger charge is -2.24. The minimum absolute atomic E-state index is 0. The second-order valence-electron chi connectivity index (χ2n) is 4.72. The van der Waals surface area contributed by atoms with Gasteiger partial charge in [-0.05, 0) is 18.6 Å². The van der Waals surface area contributed by atoms with Crippen LogP contribution in [-0.2, 0) is 11.3 Å². The zero-order valence-corrected chi connectivity index (χ0v) is 15.7. The highest BCUT2D eigenvalue weighted by molar-refractivity contribution is 14.0. The Morgan fingerprint density at radius 3 is 2.95 bits per heavy atom. The van der Waals surface area contributed by atoms with Crippen molar-refractivity contribution in [1.82, 2.24) is 10.2 Å². The maximum Gasteiger partial charge on any atom is 0.193 e. The molecule has 4 nitrogen and oxygen atoms in total. The van der Waals surface area contributed by atoms with Crippen LogP contribution in [0.5, 0.6) is 0 Å². The molecule has 1 N–H and O–H groups in total. The van der Waals surface area contributed by atoms with Gasteiger partial charge in [0, 0.05) is 38.0 Å². The molecule has 0 aliphatic carbocycles. The summed E-state index contributed by atoms with van der Waals surface area (Å²) < 4.78 is 6.23. The van der Waals surface area contributed by atoms with E-state index in [1.54, 1.807) is 11.3 Å². The van der Waals surface area contributed by atoms with E-state index in [0.29, 0.717) is 5.92 Å². The van der Waals surface area contributed by atoms with Crippen LogP contribution in [-0.4, -0.2) is 44.7 Å². The van der Waals surface area contributed by atoms with Gasteiger partial charge in [-0.3, -0.25) is 4.99 Å². The van der Waals surface area contributed by atoms with Crippen LogP contribution in [0.25, 0.3) is 0 Å². The van der Waals surface area contributed by atoms with E-state index in [0.717, 1.165) is 43.0 Å². The summed E-state index contributed by atoms with van der Waals surface area (Å²) in [7, 11) is 3.88. The lowest BCUT2D eigenvalue weighted by Crippen LogP contribution is -2.41. The predicted octanol–water partition coefficient (Wildman–Crippen LogP) is 3.06. The molecule has 1 fully saturated rings. The highest BCUT2D eigenvalue weighted by Crippen LogP contribution is 2.21. The van der Waals surface area contributed by atoms with E-state index >= 15 is 0 Å². The first-order valence-corrected chi connectivity index (χ1v) is 7.62. The molecule has 114 valence electrons. The molecule has 0 radical (unpaired) electrons. The topological polar surface area (TPSA) is 36.9 Å². The van der Waals surface area contributed by atoms with Crippen LogP contribution < -0.4 is 5.32 Å². The zero-order chi connectivity index (χ0) is 13.7.